The maximum absolute atomic E-state index is 10.6. The van der Waals surface area contributed by atoms with Crippen LogP contribution in [-0.4, -0.2) is 37.5 Å². The number of anilines is 1. The fraction of sp³-hybridized carbons (Fsp3) is 0.600. The Labute approximate surface area is 129 Å². The molecule has 1 atom stereocenters. The van der Waals surface area contributed by atoms with Crippen molar-refractivity contribution >= 4 is 21.6 Å². The van der Waals surface area contributed by atoms with Gasteiger partial charge in [-0.2, -0.15) is 0 Å². The Morgan fingerprint density at radius 3 is 2.65 bits per heavy atom. The van der Waals surface area contributed by atoms with E-state index in [0.717, 1.165) is 15.7 Å². The minimum absolute atomic E-state index is 0.0188. The van der Waals surface area contributed by atoms with Gasteiger partial charge in [0.2, 0.25) is 0 Å². The van der Waals surface area contributed by atoms with Crippen LogP contribution in [0.4, 0.5) is 5.69 Å². The van der Waals surface area contributed by atoms with Gasteiger partial charge in [0, 0.05) is 50.2 Å². The summed E-state index contributed by atoms with van der Waals surface area (Å²) in [5.74, 6) is 0. The van der Waals surface area contributed by atoms with E-state index in [4.69, 9.17) is 10.5 Å². The maximum Gasteiger partial charge on any atom is 0.0865 e. The average molecular weight is 343 g/mol. The lowest BCUT2D eigenvalue weighted by atomic mass is 9.93. The molecule has 1 saturated heterocycles. The smallest absolute Gasteiger partial charge is 0.0865 e. The number of halogens is 1. The summed E-state index contributed by atoms with van der Waals surface area (Å²) in [5, 5.41) is 10.6. The highest BCUT2D eigenvalue weighted by molar-refractivity contribution is 9.10. The van der Waals surface area contributed by atoms with Crippen LogP contribution in [-0.2, 0) is 4.74 Å². The molecule has 3 N–H and O–H groups in total. The predicted molar refractivity (Wildman–Crippen MR) is 85.0 cm³/mol. The molecule has 1 aromatic carbocycles. The highest BCUT2D eigenvalue weighted by atomic mass is 79.9. The highest BCUT2D eigenvalue weighted by Gasteiger charge is 2.31. The van der Waals surface area contributed by atoms with E-state index in [1.165, 1.54) is 0 Å². The van der Waals surface area contributed by atoms with Crippen LogP contribution in [0.3, 0.4) is 0 Å². The molecular formula is C15H23BrN2O2. The molecule has 1 heterocycles. The van der Waals surface area contributed by atoms with Crippen molar-refractivity contribution in [3.63, 3.8) is 0 Å². The van der Waals surface area contributed by atoms with Gasteiger partial charge in [-0.15, -0.1) is 0 Å². The highest BCUT2D eigenvalue weighted by Crippen LogP contribution is 2.30. The second kappa shape index (κ2) is 6.43. The van der Waals surface area contributed by atoms with Crippen molar-refractivity contribution < 1.29 is 9.84 Å². The normalized spacial score (nSPS) is 19.6. The summed E-state index contributed by atoms with van der Waals surface area (Å²) in [7, 11) is 2.00. The largest absolute Gasteiger partial charge is 0.388 e. The van der Waals surface area contributed by atoms with Crippen LogP contribution in [0.1, 0.15) is 31.4 Å². The number of aliphatic hydroxyl groups is 1. The molecule has 0 unspecified atom stereocenters. The Hall–Kier alpha value is -0.620. The van der Waals surface area contributed by atoms with E-state index >= 15 is 0 Å². The number of likely N-dealkylation sites (N-methyl/N-ethyl adjacent to an activating group) is 1. The van der Waals surface area contributed by atoms with Crippen LogP contribution < -0.4 is 10.6 Å². The van der Waals surface area contributed by atoms with E-state index in [0.29, 0.717) is 32.6 Å². The fourth-order valence-electron chi connectivity index (χ4n) is 2.55. The van der Waals surface area contributed by atoms with E-state index in [9.17, 15) is 5.11 Å². The Balaban J connectivity index is 2.10. The van der Waals surface area contributed by atoms with Gasteiger partial charge in [0.1, 0.15) is 0 Å². The van der Waals surface area contributed by atoms with Gasteiger partial charge in [-0.25, -0.2) is 0 Å². The summed E-state index contributed by atoms with van der Waals surface area (Å²) in [6.45, 7) is 3.84. The van der Waals surface area contributed by atoms with Crippen molar-refractivity contribution in [2.45, 2.75) is 31.4 Å². The number of ether oxygens (including phenoxy) is 1. The molecule has 0 bridgehead atoms. The molecule has 2 rings (SSSR count). The topological polar surface area (TPSA) is 58.7 Å². The first-order valence-electron chi connectivity index (χ1n) is 6.98. The van der Waals surface area contributed by atoms with Crippen LogP contribution in [0.5, 0.6) is 0 Å². The van der Waals surface area contributed by atoms with Crippen molar-refractivity contribution in [2.75, 3.05) is 31.7 Å². The van der Waals surface area contributed by atoms with Gasteiger partial charge in [-0.3, -0.25) is 0 Å². The second-order valence-corrected chi connectivity index (χ2v) is 6.55. The maximum atomic E-state index is 10.6. The standard InChI is InChI=1S/C15H23BrN2O2/c1-11(17)12-3-4-14(13(16)9-12)18(2)10-15(19)5-7-20-8-6-15/h3-4,9,11,19H,5-8,10,17H2,1-2H3/t11-/m0/s1. The molecule has 1 aromatic rings. The molecule has 1 aliphatic heterocycles. The average Bonchev–Trinajstić information content (AvgIpc) is 2.38. The third-order valence-corrected chi connectivity index (χ3v) is 4.50. The first-order chi connectivity index (χ1) is 9.41. The van der Waals surface area contributed by atoms with Crippen LogP contribution in [0.15, 0.2) is 22.7 Å². The van der Waals surface area contributed by atoms with Gasteiger partial charge in [0.25, 0.3) is 0 Å². The zero-order chi connectivity index (χ0) is 14.8. The summed E-state index contributed by atoms with van der Waals surface area (Å²) in [6.07, 6.45) is 1.37. The molecule has 0 radical (unpaired) electrons. The fourth-order valence-corrected chi connectivity index (χ4v) is 3.25. The first-order valence-corrected chi connectivity index (χ1v) is 7.77. The summed E-state index contributed by atoms with van der Waals surface area (Å²) < 4.78 is 6.32. The molecule has 0 amide bonds. The number of hydrogen-bond donors (Lipinski definition) is 2. The third kappa shape index (κ3) is 3.73. The van der Waals surface area contributed by atoms with Crippen molar-refractivity contribution in [1.82, 2.24) is 0 Å². The monoisotopic (exact) mass is 342 g/mol. The minimum Gasteiger partial charge on any atom is -0.388 e. The summed E-state index contributed by atoms with van der Waals surface area (Å²) in [6, 6.07) is 6.15. The lowest BCUT2D eigenvalue weighted by molar-refractivity contribution is -0.0572. The van der Waals surface area contributed by atoms with Crippen molar-refractivity contribution in [3.05, 3.63) is 28.2 Å². The molecule has 5 heteroatoms. The first kappa shape index (κ1) is 15.8. The molecular weight excluding hydrogens is 320 g/mol. The van der Waals surface area contributed by atoms with Gasteiger partial charge < -0.3 is 20.5 Å². The van der Waals surface area contributed by atoms with E-state index in [1.807, 2.05) is 32.2 Å². The lowest BCUT2D eigenvalue weighted by Gasteiger charge is -2.36. The van der Waals surface area contributed by atoms with Crippen LogP contribution in [0, 0.1) is 0 Å². The van der Waals surface area contributed by atoms with Gasteiger partial charge in [0.05, 0.1) is 11.3 Å². The predicted octanol–water partition coefficient (Wildman–Crippen LogP) is 2.45. The van der Waals surface area contributed by atoms with Gasteiger partial charge >= 0.3 is 0 Å². The Bertz CT molecular complexity index is 459. The SMILES string of the molecule is C[C@H](N)c1ccc(N(C)CC2(O)CCOCC2)c(Br)c1. The number of nitrogens with two attached hydrogens (primary N) is 1. The zero-order valence-corrected chi connectivity index (χ0v) is 13.7. The van der Waals surface area contributed by atoms with Crippen LogP contribution >= 0.6 is 15.9 Å². The van der Waals surface area contributed by atoms with E-state index in [2.05, 4.69) is 20.8 Å². The molecule has 112 valence electrons. The van der Waals surface area contributed by atoms with Gasteiger partial charge in [0.15, 0.2) is 0 Å². The molecule has 20 heavy (non-hydrogen) atoms. The molecule has 1 aliphatic rings. The van der Waals surface area contributed by atoms with E-state index in [-0.39, 0.29) is 6.04 Å². The molecule has 4 nitrogen and oxygen atoms in total. The van der Waals surface area contributed by atoms with Crippen LogP contribution in [0.2, 0.25) is 0 Å². The number of rotatable bonds is 4. The molecule has 0 aliphatic carbocycles. The van der Waals surface area contributed by atoms with Crippen molar-refractivity contribution in [3.8, 4) is 0 Å². The summed E-state index contributed by atoms with van der Waals surface area (Å²) >= 11 is 3.59. The summed E-state index contributed by atoms with van der Waals surface area (Å²) in [4.78, 5) is 2.08. The van der Waals surface area contributed by atoms with E-state index in [1.54, 1.807) is 0 Å². The summed E-state index contributed by atoms with van der Waals surface area (Å²) in [5.41, 5.74) is 7.39. The van der Waals surface area contributed by atoms with E-state index < -0.39 is 5.60 Å². The Kier molecular flexibility index (Phi) is 5.07. The van der Waals surface area contributed by atoms with Crippen molar-refractivity contribution in [2.24, 2.45) is 5.73 Å². The molecule has 0 spiro atoms. The molecule has 0 saturated carbocycles. The Morgan fingerprint density at radius 1 is 1.45 bits per heavy atom. The van der Waals surface area contributed by atoms with Gasteiger partial charge in [-0.1, -0.05) is 6.07 Å². The minimum atomic E-state index is -0.660. The number of nitrogens with zero attached hydrogens (tertiary/aromatic N) is 1. The lowest BCUT2D eigenvalue weighted by Crippen LogP contribution is -2.45. The molecule has 1 fully saturated rings. The number of benzene rings is 1. The van der Waals surface area contributed by atoms with Crippen LogP contribution in [0.25, 0.3) is 0 Å². The zero-order valence-electron chi connectivity index (χ0n) is 12.1. The van der Waals surface area contributed by atoms with Gasteiger partial charge in [-0.05, 0) is 40.5 Å². The molecule has 0 aromatic heterocycles. The third-order valence-electron chi connectivity index (χ3n) is 3.86. The Morgan fingerprint density at radius 2 is 2.10 bits per heavy atom. The number of hydrogen-bond acceptors (Lipinski definition) is 4. The quantitative estimate of drug-likeness (QED) is 0.882. The second-order valence-electron chi connectivity index (χ2n) is 5.69. The van der Waals surface area contributed by atoms with Crippen molar-refractivity contribution in [1.29, 1.82) is 0 Å².